The van der Waals surface area contributed by atoms with Crippen molar-refractivity contribution in [2.75, 3.05) is 55.9 Å². The van der Waals surface area contributed by atoms with Gasteiger partial charge in [-0.05, 0) is 71.3 Å². The van der Waals surface area contributed by atoms with E-state index in [2.05, 4.69) is 0 Å². The topological polar surface area (TPSA) is 357 Å². The Morgan fingerprint density at radius 2 is 0.985 bits per heavy atom. The molecule has 23 nitrogen and oxygen atoms in total. The number of aromatic hydroxyl groups is 3. The maximum atomic E-state index is 14.7. The van der Waals surface area contributed by atoms with E-state index in [1.165, 1.54) is 79.1 Å². The largest absolute Gasteiger partial charge is 0.502 e. The summed E-state index contributed by atoms with van der Waals surface area (Å²) in [5.41, 5.74) is -7.84. The Bertz CT molecular complexity index is 2360. The van der Waals surface area contributed by atoms with Crippen molar-refractivity contribution in [1.82, 2.24) is 0 Å². The highest BCUT2D eigenvalue weighted by Crippen LogP contribution is 2.46. The van der Waals surface area contributed by atoms with Crippen LogP contribution in [0.5, 0.6) is 51.7 Å². The molecule has 23 heteroatoms. The van der Waals surface area contributed by atoms with Crippen molar-refractivity contribution in [3.63, 3.8) is 0 Å². The highest BCUT2D eigenvalue weighted by molar-refractivity contribution is 6.11. The number of methoxy groups -OCH3 is 6. The summed E-state index contributed by atoms with van der Waals surface area (Å²) in [7, 11) is 7.25. The number of carbonyl (C=O) groups is 3. The average molecular weight is 961 g/mol. The van der Waals surface area contributed by atoms with E-state index in [-0.39, 0.29) is 51.2 Å². The van der Waals surface area contributed by atoms with Crippen molar-refractivity contribution in [1.29, 1.82) is 0 Å². The molecule has 3 aromatic carbocycles. The highest BCUT2D eigenvalue weighted by atomic mass is 16.8. The van der Waals surface area contributed by atoms with Crippen LogP contribution < -0.4 is 28.4 Å². The van der Waals surface area contributed by atoms with Crippen molar-refractivity contribution in [3.8, 4) is 51.7 Å². The minimum atomic E-state index is -4.01. The summed E-state index contributed by atoms with van der Waals surface area (Å²) in [6.45, 7) is -2.37. The lowest BCUT2D eigenvalue weighted by molar-refractivity contribution is -0.403. The van der Waals surface area contributed by atoms with E-state index in [0.29, 0.717) is 18.2 Å². The molecule has 2 fully saturated rings. The van der Waals surface area contributed by atoms with Gasteiger partial charge < -0.3 is 98.8 Å². The quantitative estimate of drug-likeness (QED) is 0.0588. The number of benzene rings is 3. The predicted octanol–water partition coefficient (Wildman–Crippen LogP) is -1.27. The van der Waals surface area contributed by atoms with E-state index in [9.17, 15) is 70.6 Å². The SMILES string of the molecule is COc1cc(/C=C/C(=O)C(O)[C@H]2OC(OC3(CO)O[C@H](CO)[C@@H](O)[C@@H]3O)[C@H](O)[C@](O)(C(=O)/C=C/c3cc(OC)c(O)c(OC)c3)[C@@]2(O)C(=O)/C=C/c2cc(OC)c(O)c(OC)c2)cc(OC)c1O. The van der Waals surface area contributed by atoms with E-state index in [0.717, 1.165) is 18.2 Å². The minimum absolute atomic E-state index is 0.0120. The minimum Gasteiger partial charge on any atom is -0.502 e. The molecular weight excluding hydrogens is 908 g/mol. The molecule has 3 aromatic rings. The molecule has 5 rings (SSSR count). The van der Waals surface area contributed by atoms with Crippen molar-refractivity contribution in [3.05, 3.63) is 71.3 Å². The van der Waals surface area contributed by atoms with Crippen molar-refractivity contribution in [2.24, 2.45) is 0 Å². The maximum absolute atomic E-state index is 14.7. The van der Waals surface area contributed by atoms with Crippen LogP contribution in [0.4, 0.5) is 0 Å². The van der Waals surface area contributed by atoms with Crippen LogP contribution in [0.3, 0.4) is 0 Å². The number of hydrogen-bond acceptors (Lipinski definition) is 23. The summed E-state index contributed by atoms with van der Waals surface area (Å²) in [6, 6.07) is 7.30. The van der Waals surface area contributed by atoms with Crippen molar-refractivity contribution in [2.45, 2.75) is 59.9 Å². The second-order valence-electron chi connectivity index (χ2n) is 15.2. The van der Waals surface area contributed by atoms with Crippen LogP contribution in [0.2, 0.25) is 0 Å². The fourth-order valence-corrected chi connectivity index (χ4v) is 7.53. The normalized spacial score (nSPS) is 27.6. The molecule has 2 aliphatic rings. The molecule has 0 aromatic heterocycles. The fraction of sp³-hybridized carbons (Fsp3) is 0.400. The van der Waals surface area contributed by atoms with Crippen LogP contribution in [0.15, 0.2) is 54.6 Å². The molecule has 10 atom stereocenters. The summed E-state index contributed by atoms with van der Waals surface area (Å²) in [4.78, 5) is 43.4. The number of rotatable bonds is 20. The Morgan fingerprint density at radius 3 is 1.32 bits per heavy atom. The number of phenols is 3. The lowest BCUT2D eigenvalue weighted by atomic mass is 9.66. The number of aliphatic hydroxyl groups is 8. The second kappa shape index (κ2) is 21.3. The van der Waals surface area contributed by atoms with Gasteiger partial charge in [0.05, 0.1) is 49.3 Å². The van der Waals surface area contributed by atoms with Crippen LogP contribution in [0, 0.1) is 0 Å². The molecule has 0 spiro atoms. The Morgan fingerprint density at radius 1 is 0.618 bits per heavy atom. The molecule has 0 bridgehead atoms. The van der Waals surface area contributed by atoms with Crippen LogP contribution in [-0.4, -0.2) is 189 Å². The molecule has 0 amide bonds. The number of carbonyl (C=O) groups excluding carboxylic acids is 3. The molecule has 370 valence electrons. The van der Waals surface area contributed by atoms with Crippen LogP contribution >= 0.6 is 0 Å². The third-order valence-corrected chi connectivity index (χ3v) is 11.3. The average Bonchev–Trinajstić information content (AvgIpc) is 3.59. The number of aliphatic hydroxyl groups excluding tert-OH is 6. The summed E-state index contributed by atoms with van der Waals surface area (Å²) in [5, 5.41) is 123. The van der Waals surface area contributed by atoms with E-state index in [1.807, 2.05) is 0 Å². The molecule has 11 N–H and O–H groups in total. The molecule has 0 radical (unpaired) electrons. The van der Waals surface area contributed by atoms with Crippen LogP contribution in [0.1, 0.15) is 16.7 Å². The predicted molar refractivity (Wildman–Crippen MR) is 231 cm³/mol. The Labute approximate surface area is 387 Å². The molecule has 2 aliphatic heterocycles. The van der Waals surface area contributed by atoms with Gasteiger partial charge in [-0.25, -0.2) is 0 Å². The summed E-state index contributed by atoms with van der Waals surface area (Å²) in [5.74, 6) is -9.97. The van der Waals surface area contributed by atoms with Gasteiger partial charge in [-0.2, -0.15) is 0 Å². The van der Waals surface area contributed by atoms with Gasteiger partial charge in [-0.1, -0.05) is 18.2 Å². The van der Waals surface area contributed by atoms with E-state index >= 15 is 0 Å². The number of phenolic OH excluding ortho intramolecular Hbond substituents is 3. The summed E-state index contributed by atoms with van der Waals surface area (Å²) < 4.78 is 47.7. The molecule has 0 aliphatic carbocycles. The Kier molecular flexibility index (Phi) is 16.5. The molecule has 0 saturated carbocycles. The number of hydrogen-bond donors (Lipinski definition) is 11. The van der Waals surface area contributed by atoms with Gasteiger partial charge >= 0.3 is 0 Å². The Hall–Kier alpha value is -6.35. The Balaban J connectivity index is 1.74. The van der Waals surface area contributed by atoms with Gasteiger partial charge in [0, 0.05) is 0 Å². The smallest absolute Gasteiger partial charge is 0.224 e. The first-order valence-corrected chi connectivity index (χ1v) is 20.1. The summed E-state index contributed by atoms with van der Waals surface area (Å²) >= 11 is 0. The lowest BCUT2D eigenvalue weighted by Gasteiger charge is -2.54. The van der Waals surface area contributed by atoms with Gasteiger partial charge in [-0.15, -0.1) is 0 Å². The van der Waals surface area contributed by atoms with Gasteiger partial charge in [0.2, 0.25) is 23.0 Å². The van der Waals surface area contributed by atoms with Gasteiger partial charge in [0.15, 0.2) is 69.3 Å². The second-order valence-corrected chi connectivity index (χ2v) is 15.2. The van der Waals surface area contributed by atoms with Crippen LogP contribution in [0.25, 0.3) is 18.2 Å². The van der Waals surface area contributed by atoms with Gasteiger partial charge in [-0.3, -0.25) is 14.4 Å². The van der Waals surface area contributed by atoms with Crippen molar-refractivity contribution < 1.29 is 113 Å². The molecule has 2 heterocycles. The van der Waals surface area contributed by atoms with Crippen LogP contribution in [-0.2, 0) is 28.6 Å². The van der Waals surface area contributed by atoms with Gasteiger partial charge in [0.25, 0.3) is 0 Å². The van der Waals surface area contributed by atoms with E-state index in [1.54, 1.807) is 0 Å². The lowest BCUT2D eigenvalue weighted by Crippen LogP contribution is -2.81. The monoisotopic (exact) mass is 960 g/mol. The van der Waals surface area contributed by atoms with Gasteiger partial charge in [0.1, 0.15) is 43.2 Å². The zero-order valence-electron chi connectivity index (χ0n) is 37.2. The molecule has 68 heavy (non-hydrogen) atoms. The fourth-order valence-electron chi connectivity index (χ4n) is 7.53. The number of ether oxygens (including phenoxy) is 9. The first-order valence-electron chi connectivity index (χ1n) is 20.1. The van der Waals surface area contributed by atoms with E-state index in [4.69, 9.17) is 42.6 Å². The highest BCUT2D eigenvalue weighted by Gasteiger charge is 2.74. The molecular formula is C45H52O23. The maximum Gasteiger partial charge on any atom is 0.224 e. The zero-order chi connectivity index (χ0) is 50.5. The van der Waals surface area contributed by atoms with Crippen molar-refractivity contribution >= 4 is 35.6 Å². The standard InChI is InChI=1S/C45H52O23/c1-60-25-13-21(14-26(61-2)35(25)52)7-10-24(48)34(51)41-45(59,33(50)12-9-23-17-29(64-5)37(54)30(18-23)65-6)44(58,32(49)11-8-22-15-27(62-3)36(53)28(16-22)63-4)40(57)42(66-41)68-43(20-47)39(56)38(55)31(19-46)67-43/h7-18,31,34,38-42,46-47,51-59H,19-20H2,1-6H3/b10-7+,11-8+,12-9+/t31-,34?,38-,39+,40+,41-,42?,43?,44-,45-/m1/s1. The number of ketones is 3. The summed E-state index contributed by atoms with van der Waals surface area (Å²) in [6.07, 6.45) is -12.6. The zero-order valence-corrected chi connectivity index (χ0v) is 37.2. The molecule has 2 saturated heterocycles. The first-order chi connectivity index (χ1) is 32.2. The molecule has 3 unspecified atom stereocenters. The first kappa shape index (κ1) is 52.6. The third-order valence-electron chi connectivity index (χ3n) is 11.3. The third kappa shape index (κ3) is 9.54. The van der Waals surface area contributed by atoms with E-state index < -0.39 is 108 Å².